The van der Waals surface area contributed by atoms with Gasteiger partial charge in [0.1, 0.15) is 11.3 Å². The first-order valence-corrected chi connectivity index (χ1v) is 9.14. The lowest BCUT2D eigenvalue weighted by molar-refractivity contribution is -0.135. The molecule has 0 atom stereocenters. The fraction of sp³-hybridized carbons (Fsp3) is 0.556. The van der Waals surface area contributed by atoms with E-state index in [1.807, 2.05) is 13.8 Å². The minimum absolute atomic E-state index is 0.0629. The minimum atomic E-state index is -0.700. The zero-order valence-corrected chi connectivity index (χ0v) is 15.4. The van der Waals surface area contributed by atoms with E-state index in [1.54, 1.807) is 23.1 Å². The van der Waals surface area contributed by atoms with Gasteiger partial charge in [0.15, 0.2) is 0 Å². The molecule has 2 aliphatic rings. The Labute approximate surface area is 152 Å². The van der Waals surface area contributed by atoms with Crippen LogP contribution in [-0.4, -0.2) is 63.5 Å². The standard InChI is InChI=1S/C18H24ClN3O3/c1-3-21-16(24)18(22(4-2)17(21)25)7-9-20(10-8-18)12-13-11-14(19)5-6-15(13)23/h5-6,11,23H,3-4,7-10,12H2,1-2H3. The number of halogens is 1. The maximum absolute atomic E-state index is 12.8. The Morgan fingerprint density at radius 1 is 1.16 bits per heavy atom. The van der Waals surface area contributed by atoms with E-state index in [-0.39, 0.29) is 17.7 Å². The fourth-order valence-corrected chi connectivity index (χ4v) is 4.18. The molecular weight excluding hydrogens is 342 g/mol. The van der Waals surface area contributed by atoms with Crippen LogP contribution < -0.4 is 0 Å². The predicted molar refractivity (Wildman–Crippen MR) is 95.5 cm³/mol. The average Bonchev–Trinajstić information content (AvgIpc) is 2.79. The van der Waals surface area contributed by atoms with Crippen molar-refractivity contribution >= 4 is 23.5 Å². The molecule has 1 aromatic rings. The Bertz CT molecular complexity index is 686. The number of benzene rings is 1. The van der Waals surface area contributed by atoms with Crippen molar-refractivity contribution < 1.29 is 14.7 Å². The second-order valence-corrected chi connectivity index (χ2v) is 7.09. The quantitative estimate of drug-likeness (QED) is 0.833. The number of phenols is 1. The van der Waals surface area contributed by atoms with Gasteiger partial charge in [-0.1, -0.05) is 11.6 Å². The second kappa shape index (κ2) is 6.84. The first-order chi connectivity index (χ1) is 11.9. The molecule has 0 aliphatic carbocycles. The van der Waals surface area contributed by atoms with Crippen LogP contribution in [0.1, 0.15) is 32.3 Å². The number of piperidine rings is 1. The summed E-state index contributed by atoms with van der Waals surface area (Å²) in [5, 5.41) is 10.6. The molecule has 1 N–H and O–H groups in total. The van der Waals surface area contributed by atoms with Crippen LogP contribution in [0, 0.1) is 0 Å². The fourth-order valence-electron chi connectivity index (χ4n) is 3.99. The summed E-state index contributed by atoms with van der Waals surface area (Å²) in [5.74, 6) is 0.163. The first-order valence-electron chi connectivity index (χ1n) is 8.76. The van der Waals surface area contributed by atoms with E-state index < -0.39 is 5.54 Å². The average molecular weight is 366 g/mol. The third-order valence-corrected chi connectivity index (χ3v) is 5.61. The number of likely N-dealkylation sites (N-methyl/N-ethyl adjacent to an activating group) is 2. The van der Waals surface area contributed by atoms with Crippen molar-refractivity contribution in [2.24, 2.45) is 0 Å². The van der Waals surface area contributed by atoms with E-state index >= 15 is 0 Å². The van der Waals surface area contributed by atoms with Crippen LogP contribution in [0.2, 0.25) is 5.02 Å². The van der Waals surface area contributed by atoms with Crippen molar-refractivity contribution in [1.29, 1.82) is 0 Å². The minimum Gasteiger partial charge on any atom is -0.508 e. The number of imide groups is 1. The summed E-state index contributed by atoms with van der Waals surface area (Å²) in [6.45, 7) is 6.67. The van der Waals surface area contributed by atoms with Gasteiger partial charge in [0.2, 0.25) is 0 Å². The molecule has 1 spiro atoms. The summed E-state index contributed by atoms with van der Waals surface area (Å²) in [6.07, 6.45) is 1.23. The Morgan fingerprint density at radius 2 is 1.84 bits per heavy atom. The van der Waals surface area contributed by atoms with Crippen LogP contribution in [0.5, 0.6) is 5.75 Å². The third kappa shape index (κ3) is 2.98. The van der Waals surface area contributed by atoms with Crippen molar-refractivity contribution in [2.45, 2.75) is 38.8 Å². The van der Waals surface area contributed by atoms with Gasteiger partial charge in [0.05, 0.1) is 0 Å². The number of likely N-dealkylation sites (tertiary alicyclic amines) is 1. The van der Waals surface area contributed by atoms with Gasteiger partial charge in [-0.25, -0.2) is 4.79 Å². The Morgan fingerprint density at radius 3 is 2.44 bits per heavy atom. The zero-order chi connectivity index (χ0) is 18.2. The first kappa shape index (κ1) is 18.0. The molecule has 2 aliphatic heterocycles. The van der Waals surface area contributed by atoms with E-state index in [0.717, 1.165) is 5.56 Å². The van der Waals surface area contributed by atoms with Crippen molar-refractivity contribution in [2.75, 3.05) is 26.2 Å². The second-order valence-electron chi connectivity index (χ2n) is 6.66. The highest BCUT2D eigenvalue weighted by molar-refractivity contribution is 6.30. The zero-order valence-electron chi connectivity index (χ0n) is 14.7. The number of amides is 3. The van der Waals surface area contributed by atoms with Gasteiger partial charge in [0, 0.05) is 43.3 Å². The normalized spacial score (nSPS) is 20.8. The SMILES string of the molecule is CCN1C(=O)N(CC)C2(CCN(Cc3cc(Cl)ccc3O)CC2)C1=O. The number of hydrogen-bond acceptors (Lipinski definition) is 4. The largest absolute Gasteiger partial charge is 0.508 e. The van der Waals surface area contributed by atoms with Gasteiger partial charge >= 0.3 is 6.03 Å². The Kier molecular flexibility index (Phi) is 4.93. The lowest BCUT2D eigenvalue weighted by Crippen LogP contribution is -2.56. The molecule has 3 rings (SSSR count). The monoisotopic (exact) mass is 365 g/mol. The smallest absolute Gasteiger partial charge is 0.327 e. The van der Waals surface area contributed by atoms with Gasteiger partial charge in [-0.05, 0) is 44.9 Å². The molecule has 6 nitrogen and oxygen atoms in total. The number of nitrogens with zero attached hydrogens (tertiary/aromatic N) is 3. The van der Waals surface area contributed by atoms with Gasteiger partial charge < -0.3 is 10.0 Å². The Balaban J connectivity index is 1.73. The van der Waals surface area contributed by atoms with Crippen LogP contribution in [-0.2, 0) is 11.3 Å². The Hall–Kier alpha value is -1.79. The molecule has 7 heteroatoms. The number of hydrogen-bond donors (Lipinski definition) is 1. The van der Waals surface area contributed by atoms with Crippen LogP contribution in [0.4, 0.5) is 4.79 Å². The highest BCUT2D eigenvalue weighted by atomic mass is 35.5. The molecule has 3 amide bonds. The molecule has 0 saturated carbocycles. The van der Waals surface area contributed by atoms with E-state index in [9.17, 15) is 14.7 Å². The topological polar surface area (TPSA) is 64.1 Å². The summed E-state index contributed by atoms with van der Waals surface area (Å²) in [7, 11) is 0. The lowest BCUT2D eigenvalue weighted by Gasteiger charge is -2.42. The van der Waals surface area contributed by atoms with Crippen molar-refractivity contribution in [1.82, 2.24) is 14.7 Å². The molecular formula is C18H24ClN3O3. The van der Waals surface area contributed by atoms with Gasteiger partial charge in [-0.2, -0.15) is 0 Å². The third-order valence-electron chi connectivity index (χ3n) is 5.37. The molecule has 0 unspecified atom stereocenters. The molecule has 2 fully saturated rings. The van der Waals surface area contributed by atoms with Crippen LogP contribution in [0.25, 0.3) is 0 Å². The number of aromatic hydroxyl groups is 1. The molecule has 0 aromatic heterocycles. The maximum atomic E-state index is 12.8. The highest BCUT2D eigenvalue weighted by Gasteiger charge is 2.56. The number of carbonyl (C=O) groups excluding carboxylic acids is 2. The van der Waals surface area contributed by atoms with Crippen molar-refractivity contribution in [3.05, 3.63) is 28.8 Å². The number of phenolic OH excluding ortho intramolecular Hbond substituents is 1. The molecule has 0 radical (unpaired) electrons. The van der Waals surface area contributed by atoms with Gasteiger partial charge in [-0.3, -0.25) is 14.6 Å². The molecule has 2 heterocycles. The molecule has 2 saturated heterocycles. The van der Waals surface area contributed by atoms with Crippen molar-refractivity contribution in [3.63, 3.8) is 0 Å². The number of urea groups is 1. The summed E-state index contributed by atoms with van der Waals surface area (Å²) in [6, 6.07) is 4.85. The van der Waals surface area contributed by atoms with E-state index in [0.29, 0.717) is 50.6 Å². The van der Waals surface area contributed by atoms with E-state index in [1.165, 1.54) is 4.90 Å². The molecule has 0 bridgehead atoms. The number of carbonyl (C=O) groups is 2. The molecule has 1 aromatic carbocycles. The van der Waals surface area contributed by atoms with Gasteiger partial charge in [0.25, 0.3) is 5.91 Å². The summed E-state index contributed by atoms with van der Waals surface area (Å²) >= 11 is 6.01. The summed E-state index contributed by atoms with van der Waals surface area (Å²) < 4.78 is 0. The highest BCUT2D eigenvalue weighted by Crippen LogP contribution is 2.37. The summed E-state index contributed by atoms with van der Waals surface area (Å²) in [4.78, 5) is 30.6. The molecule has 25 heavy (non-hydrogen) atoms. The van der Waals surface area contributed by atoms with Crippen molar-refractivity contribution in [3.8, 4) is 5.75 Å². The number of rotatable bonds is 4. The van der Waals surface area contributed by atoms with Crippen LogP contribution in [0.15, 0.2) is 18.2 Å². The summed E-state index contributed by atoms with van der Waals surface area (Å²) in [5.41, 5.74) is 0.0779. The molecule has 136 valence electrons. The van der Waals surface area contributed by atoms with E-state index in [2.05, 4.69) is 4.90 Å². The maximum Gasteiger partial charge on any atom is 0.327 e. The van der Waals surface area contributed by atoms with Crippen LogP contribution >= 0.6 is 11.6 Å². The van der Waals surface area contributed by atoms with E-state index in [4.69, 9.17) is 11.6 Å². The predicted octanol–water partition coefficient (Wildman–Crippen LogP) is 2.68. The lowest BCUT2D eigenvalue weighted by atomic mass is 9.85. The van der Waals surface area contributed by atoms with Crippen LogP contribution in [0.3, 0.4) is 0 Å². The van der Waals surface area contributed by atoms with Gasteiger partial charge in [-0.15, -0.1) is 0 Å².